The van der Waals surface area contributed by atoms with Gasteiger partial charge in [-0.25, -0.2) is 0 Å². The van der Waals surface area contributed by atoms with Gasteiger partial charge in [0.15, 0.2) is 47.7 Å². The molecule has 0 aliphatic heterocycles. The number of rotatable bonds is 59. The van der Waals surface area contributed by atoms with Gasteiger partial charge in [-0.3, -0.25) is 101 Å². The minimum Gasteiger partial charge on any atom is -0.370 e. The highest BCUT2D eigenvalue weighted by atomic mass is 16.2. The highest BCUT2D eigenvalue weighted by Gasteiger charge is 2.38. The average Bonchev–Trinajstić information content (AvgIpc) is 1.60. The predicted molar refractivity (Wildman–Crippen MR) is 524 cm³/mol. The van der Waals surface area contributed by atoms with Crippen LogP contribution in [0, 0.1) is 43.3 Å². The number of hydrogen-bond acceptors (Lipinski definition) is 21. The van der Waals surface area contributed by atoms with E-state index in [-0.39, 0.29) is 185 Å². The number of carbonyl (C=O) groups is 12. The second kappa shape index (κ2) is 56.5. The number of carbonyl (C=O) groups excluding carboxylic acids is 12. The third-order valence-corrected chi connectivity index (χ3v) is 21.8. The Morgan fingerprint density at radius 1 is 0.328 bits per heavy atom. The van der Waals surface area contributed by atoms with Crippen molar-refractivity contribution in [1.82, 2.24) is 111 Å². The van der Waals surface area contributed by atoms with Gasteiger partial charge in [0.05, 0.1) is 19.1 Å². The lowest BCUT2D eigenvalue weighted by atomic mass is 9.78. The number of primary amides is 1. The van der Waals surface area contributed by atoms with Crippen LogP contribution < -0.4 is 158 Å². The average molecular weight is 1920 g/mol. The van der Waals surface area contributed by atoms with Crippen LogP contribution in [0.1, 0.15) is 193 Å². The molecule has 10 atom stereocenters. The summed E-state index contributed by atoms with van der Waals surface area (Å²) in [5, 5.41) is 113. The van der Waals surface area contributed by atoms with Gasteiger partial charge in [-0.1, -0.05) is 86.6 Å². The lowest BCUT2D eigenvalue weighted by molar-refractivity contribution is -0.136. The molecule has 2 aromatic heterocycles. The zero-order chi connectivity index (χ0) is 103. The van der Waals surface area contributed by atoms with Gasteiger partial charge in [0.2, 0.25) is 70.9 Å². The number of guanidine groups is 8. The fourth-order valence-corrected chi connectivity index (χ4v) is 14.6. The first-order chi connectivity index (χ1) is 64.2. The molecule has 2 aromatic carbocycles. The molecule has 2 heterocycles. The van der Waals surface area contributed by atoms with Crippen LogP contribution in [0.15, 0.2) is 42.6 Å². The first kappa shape index (κ1) is 115. The number of amides is 12. The molecule has 0 saturated carbocycles. The Morgan fingerprint density at radius 3 is 0.956 bits per heavy atom. The molecule has 0 aliphatic carbocycles. The molecule has 4 rings (SSSR count). The maximum Gasteiger partial charge on any atom is 0.243 e. The van der Waals surface area contributed by atoms with Crippen LogP contribution in [0.5, 0.6) is 0 Å². The van der Waals surface area contributed by atoms with E-state index in [9.17, 15) is 38.4 Å². The third-order valence-electron chi connectivity index (χ3n) is 21.8. The number of hydrogen-bond donors (Lipinski definition) is 39. The molecule has 0 saturated heterocycles. The molecular formula is C86H149N39O12. The van der Waals surface area contributed by atoms with E-state index in [0.717, 1.165) is 44.2 Å². The van der Waals surface area contributed by atoms with Crippen molar-refractivity contribution in [2.75, 3.05) is 65.4 Å². The second-order valence-electron chi connectivity index (χ2n) is 36.4. The van der Waals surface area contributed by atoms with Crippen molar-refractivity contribution >= 4 is 140 Å². The monoisotopic (exact) mass is 1920 g/mol. The first-order valence-electron chi connectivity index (χ1n) is 45.5. The minimum atomic E-state index is -1.62. The zero-order valence-corrected chi connectivity index (χ0v) is 79.8. The minimum absolute atomic E-state index is 0.000382. The molecule has 137 heavy (non-hydrogen) atoms. The van der Waals surface area contributed by atoms with Crippen molar-refractivity contribution in [2.24, 2.45) is 57.3 Å². The number of benzene rings is 2. The summed E-state index contributed by atoms with van der Waals surface area (Å²) in [6.45, 7) is 17.0. The van der Waals surface area contributed by atoms with Crippen molar-refractivity contribution < 1.29 is 57.5 Å². The van der Waals surface area contributed by atoms with Gasteiger partial charge in [-0.05, 0) is 154 Å². The van der Waals surface area contributed by atoms with E-state index in [2.05, 4.69) is 165 Å². The Kier molecular flexibility index (Phi) is 47.2. The van der Waals surface area contributed by atoms with Gasteiger partial charge < -0.3 is 168 Å². The van der Waals surface area contributed by atoms with Gasteiger partial charge in [0.25, 0.3) is 0 Å². The predicted octanol–water partition coefficient (Wildman–Crippen LogP) is -6.16. The second-order valence-corrected chi connectivity index (χ2v) is 36.4. The Bertz CT molecular complexity index is 4860. The lowest BCUT2D eigenvalue weighted by Crippen LogP contribution is -2.60. The van der Waals surface area contributed by atoms with Crippen molar-refractivity contribution in [1.29, 1.82) is 43.3 Å². The maximum absolute atomic E-state index is 15.2. The fourth-order valence-electron chi connectivity index (χ4n) is 14.6. The molecule has 0 spiro atoms. The van der Waals surface area contributed by atoms with Crippen LogP contribution in [0.2, 0.25) is 0 Å². The Labute approximate surface area is 796 Å². The van der Waals surface area contributed by atoms with Gasteiger partial charge in [0.1, 0.15) is 54.4 Å². The van der Waals surface area contributed by atoms with Gasteiger partial charge in [0, 0.05) is 97.9 Å². The molecule has 51 heteroatoms. The molecule has 0 bridgehead atoms. The number of nitrogens with one attached hydrogen (secondary N) is 29. The smallest absolute Gasteiger partial charge is 0.243 e. The molecule has 12 amide bonds. The largest absolute Gasteiger partial charge is 0.370 e. The molecule has 0 radical (unpaired) electrons. The van der Waals surface area contributed by atoms with Crippen LogP contribution in [0.25, 0.3) is 21.8 Å². The molecule has 0 aliphatic rings. The van der Waals surface area contributed by atoms with Crippen LogP contribution in [0.3, 0.4) is 0 Å². The summed E-state index contributed by atoms with van der Waals surface area (Å²) in [7, 11) is 0. The Morgan fingerprint density at radius 2 is 0.635 bits per heavy atom. The van der Waals surface area contributed by atoms with Crippen LogP contribution in [-0.4, -0.2) is 254 Å². The van der Waals surface area contributed by atoms with E-state index < -0.39 is 191 Å². The molecule has 51 nitrogen and oxygen atoms in total. The van der Waals surface area contributed by atoms with E-state index >= 15 is 19.2 Å². The van der Waals surface area contributed by atoms with E-state index in [1.807, 2.05) is 45.0 Å². The fraction of sp³-hybridized carbons (Fsp3) is 0.581. The van der Waals surface area contributed by atoms with Gasteiger partial charge in [-0.15, -0.1) is 0 Å². The zero-order valence-electron chi connectivity index (χ0n) is 79.8. The summed E-state index contributed by atoms with van der Waals surface area (Å²) in [5.74, 6) is -14.3. The lowest BCUT2D eigenvalue weighted by Gasteiger charge is -2.28. The molecule has 49 N–H and O–H groups in total. The number of fused-ring (bicyclic) bond motifs is 2. The van der Waals surface area contributed by atoms with Crippen molar-refractivity contribution in [3.63, 3.8) is 0 Å². The Hall–Kier alpha value is -14.7. The van der Waals surface area contributed by atoms with E-state index in [4.69, 9.17) is 101 Å². The summed E-state index contributed by atoms with van der Waals surface area (Å²) >= 11 is 0. The summed E-state index contributed by atoms with van der Waals surface area (Å²) in [6, 6.07) is -2.94. The molecule has 0 unspecified atom stereocenters. The van der Waals surface area contributed by atoms with Crippen molar-refractivity contribution in [3.8, 4) is 0 Å². The quantitative estimate of drug-likeness (QED) is 0.0111. The summed E-state index contributed by atoms with van der Waals surface area (Å²) in [5.41, 5.74) is 61.1. The first-order valence-corrected chi connectivity index (χ1v) is 45.5. The topological polar surface area (TPSA) is 916 Å². The van der Waals surface area contributed by atoms with E-state index in [0.29, 0.717) is 5.56 Å². The third kappa shape index (κ3) is 42.6. The summed E-state index contributed by atoms with van der Waals surface area (Å²) < 4.78 is 0. The number of nitrogens with two attached hydrogens (primary N) is 10. The highest BCUT2D eigenvalue weighted by molar-refractivity contribution is 6.00. The standard InChI is InChI=1S/C86H149N39O12/c1-84(2,3)46-39-48-49(65(86(7,8)9)125-64(48)50(40-46)85(4,5)6)41-61(124-75(137)55(24-14-32-107-78(93)94)118-67(129)51(87)38-45-42-113-52-21-11-10-20-47(45)52)68(130)115-43-62(126)114-44-63(127)116-54(23-13-31-106-77(91)92)69(131)119-57(26-16-34-109-80(97)98)71(133)121-59(28-18-36-111-82(101)102)73(135)123-60(29-19-37-112-83(103)104)74(136)122-58(27-17-35-110-81(99)100)72(134)120-56(25-15-33-108-79(95)96)70(132)117-53(66(88)128)22-12-30-105-76(89)90/h10-11,20-21,39-40,42,51,53-61,113,125H,12-19,22-38,41,43-44,87H2,1-9H3,(H2,88,128)(H,114,126)(H,115,130)(H,116,127)(H,117,132)(H,118,129)(H,119,131)(H,120,134)(H,121,133)(H,122,136)(H,123,135)(H,124,137)(H4,89,90,105)(H4,91,92,106)(H4,93,94,107)(H4,95,96,108)(H4,97,98,109)(H4,99,100,110)(H4,101,102,111)(H4,103,104,112)/t51-,53-,54-,55-,56-,57-,58-,59-,60-,61-/m0/s1. The normalized spacial score (nSPS) is 13.5. The number of aromatic amines is 2. The Balaban J connectivity index is 1.74. The molecular weight excluding hydrogens is 1770 g/mol. The van der Waals surface area contributed by atoms with Crippen LogP contribution in [0.4, 0.5) is 0 Å². The summed E-state index contributed by atoms with van der Waals surface area (Å²) in [4.78, 5) is 181. The SMILES string of the molecule is CC(C)(C)c1cc(C(C)(C)C)c2[nH]c(C(C)(C)C)c(C[C@H](NC(=O)[C@H](CCCNC(=N)N)NC(=O)[C@@H](N)Cc3c[nH]c4ccccc34)C(=O)NCC(=O)NCC(=O)N[C@@H](CCCNC(=N)N)C(=O)N[C@@H](CCCNC(=N)N)C(=O)N[C@@H](CCCNC(=N)N)C(=O)N[C@@H](CCCNC(=N)N)C(=O)N[C@@H](CCCNC(=N)N)C(=O)N[C@@H](CCCNC(=N)N)C(=O)N[C@@H](CCCNC(=N)N)C(N)=O)c2c1. The van der Waals surface area contributed by atoms with Crippen molar-refractivity contribution in [3.05, 3.63) is 70.5 Å². The molecule has 4 aromatic rings. The number of H-pyrrole nitrogens is 2. The van der Waals surface area contributed by atoms with E-state index in [1.165, 1.54) is 0 Å². The van der Waals surface area contributed by atoms with Crippen LogP contribution >= 0.6 is 0 Å². The van der Waals surface area contributed by atoms with Crippen molar-refractivity contribution in [2.45, 2.75) is 255 Å². The van der Waals surface area contributed by atoms with Gasteiger partial charge in [-0.2, -0.15) is 0 Å². The number of aromatic nitrogens is 2. The molecule has 760 valence electrons. The van der Waals surface area contributed by atoms with E-state index in [1.54, 1.807) is 6.20 Å². The summed E-state index contributed by atoms with van der Waals surface area (Å²) in [6.07, 6.45) is 0.800. The van der Waals surface area contributed by atoms with Crippen LogP contribution in [-0.2, 0) is 86.6 Å². The maximum atomic E-state index is 15.2. The van der Waals surface area contributed by atoms with Gasteiger partial charge >= 0.3 is 0 Å². The highest BCUT2D eigenvalue weighted by Crippen LogP contribution is 2.41. The molecule has 0 fully saturated rings. The number of para-hydroxylation sites is 1.